The largest absolute Gasteiger partial charge is 0.465 e. The second kappa shape index (κ2) is 6.72. The van der Waals surface area contributed by atoms with Crippen LogP contribution in [-0.2, 0) is 9.53 Å². The first-order valence-electron chi connectivity index (χ1n) is 5.39. The maximum atomic E-state index is 13.6. The summed E-state index contributed by atoms with van der Waals surface area (Å²) in [4.78, 5) is 11.7. The standard InChI is InChI=1S/C13H13F2NO2/c1-3-8-16-12(13(17)18-4-2)9-6-5-7-10(14)11(9)15/h1,5-7,12,16H,4,8H2,2H3. The van der Waals surface area contributed by atoms with Crippen molar-refractivity contribution < 1.29 is 18.3 Å². The lowest BCUT2D eigenvalue weighted by Gasteiger charge is -2.17. The number of carbonyl (C=O) groups excluding carboxylic acids is 1. The van der Waals surface area contributed by atoms with Gasteiger partial charge in [0.05, 0.1) is 13.2 Å². The van der Waals surface area contributed by atoms with E-state index < -0.39 is 23.6 Å². The van der Waals surface area contributed by atoms with Gasteiger partial charge in [0.25, 0.3) is 0 Å². The van der Waals surface area contributed by atoms with E-state index >= 15 is 0 Å². The molecule has 1 N–H and O–H groups in total. The molecule has 5 heteroatoms. The van der Waals surface area contributed by atoms with E-state index in [1.165, 1.54) is 12.1 Å². The zero-order valence-electron chi connectivity index (χ0n) is 9.87. The van der Waals surface area contributed by atoms with E-state index in [0.717, 1.165) is 6.07 Å². The van der Waals surface area contributed by atoms with Crippen molar-refractivity contribution in [2.45, 2.75) is 13.0 Å². The van der Waals surface area contributed by atoms with Crippen LogP contribution in [-0.4, -0.2) is 19.1 Å². The summed E-state index contributed by atoms with van der Waals surface area (Å²) in [6.07, 6.45) is 5.06. The Morgan fingerprint density at radius 1 is 1.56 bits per heavy atom. The molecule has 0 aliphatic heterocycles. The summed E-state index contributed by atoms with van der Waals surface area (Å²) < 4.78 is 31.5. The fraction of sp³-hybridized carbons (Fsp3) is 0.308. The first-order valence-corrected chi connectivity index (χ1v) is 5.39. The van der Waals surface area contributed by atoms with Crippen LogP contribution in [0.1, 0.15) is 18.5 Å². The van der Waals surface area contributed by atoms with Gasteiger partial charge in [0.2, 0.25) is 0 Å². The molecule has 0 bridgehead atoms. The third-order valence-corrected chi connectivity index (χ3v) is 2.22. The number of ether oxygens (including phenoxy) is 1. The zero-order chi connectivity index (χ0) is 13.5. The highest BCUT2D eigenvalue weighted by atomic mass is 19.2. The maximum absolute atomic E-state index is 13.6. The SMILES string of the molecule is C#CCNC(C(=O)OCC)c1cccc(F)c1F. The van der Waals surface area contributed by atoms with Crippen molar-refractivity contribution in [3.63, 3.8) is 0 Å². The molecular weight excluding hydrogens is 240 g/mol. The fourth-order valence-corrected chi connectivity index (χ4v) is 1.45. The second-order valence-electron chi connectivity index (χ2n) is 3.41. The monoisotopic (exact) mass is 253 g/mol. The lowest BCUT2D eigenvalue weighted by atomic mass is 10.1. The number of carbonyl (C=O) groups is 1. The van der Waals surface area contributed by atoms with Crippen LogP contribution >= 0.6 is 0 Å². The minimum absolute atomic E-state index is 0.0411. The highest BCUT2D eigenvalue weighted by Crippen LogP contribution is 2.20. The van der Waals surface area contributed by atoms with Crippen LogP contribution in [0.2, 0.25) is 0 Å². The van der Waals surface area contributed by atoms with E-state index in [2.05, 4.69) is 11.2 Å². The van der Waals surface area contributed by atoms with Gasteiger partial charge in [-0.1, -0.05) is 18.1 Å². The number of halogens is 2. The fourth-order valence-electron chi connectivity index (χ4n) is 1.45. The quantitative estimate of drug-likeness (QED) is 0.642. The minimum atomic E-state index is -1.11. The number of nitrogens with one attached hydrogen (secondary N) is 1. The number of benzene rings is 1. The summed E-state index contributed by atoms with van der Waals surface area (Å²) in [5, 5.41) is 2.62. The third kappa shape index (κ3) is 3.28. The van der Waals surface area contributed by atoms with Crippen molar-refractivity contribution in [3.8, 4) is 12.3 Å². The van der Waals surface area contributed by atoms with Crippen LogP contribution < -0.4 is 5.32 Å². The molecule has 3 nitrogen and oxygen atoms in total. The van der Waals surface area contributed by atoms with Gasteiger partial charge in [-0.2, -0.15) is 0 Å². The van der Waals surface area contributed by atoms with E-state index in [1.807, 2.05) is 0 Å². The number of terminal acetylenes is 1. The molecule has 0 radical (unpaired) electrons. The molecular formula is C13H13F2NO2. The van der Waals surface area contributed by atoms with Gasteiger partial charge in [-0.3, -0.25) is 5.32 Å². The Morgan fingerprint density at radius 3 is 2.89 bits per heavy atom. The number of hydrogen-bond donors (Lipinski definition) is 1. The van der Waals surface area contributed by atoms with E-state index in [-0.39, 0.29) is 18.7 Å². The molecule has 1 aromatic rings. The van der Waals surface area contributed by atoms with Crippen LogP contribution in [0.15, 0.2) is 18.2 Å². The molecule has 1 atom stereocenters. The summed E-state index contributed by atoms with van der Waals surface area (Å²) in [5.74, 6) is -0.540. The van der Waals surface area contributed by atoms with Gasteiger partial charge in [-0.05, 0) is 13.0 Å². The molecule has 1 aromatic carbocycles. The van der Waals surface area contributed by atoms with Gasteiger partial charge < -0.3 is 4.74 Å². The van der Waals surface area contributed by atoms with E-state index in [4.69, 9.17) is 11.2 Å². The summed E-state index contributed by atoms with van der Waals surface area (Å²) in [6, 6.07) is 2.49. The maximum Gasteiger partial charge on any atom is 0.327 e. The predicted molar refractivity (Wildman–Crippen MR) is 62.6 cm³/mol. The molecule has 0 saturated carbocycles. The molecule has 96 valence electrons. The Balaban J connectivity index is 3.05. The lowest BCUT2D eigenvalue weighted by molar-refractivity contribution is -0.145. The highest BCUT2D eigenvalue weighted by molar-refractivity contribution is 5.77. The van der Waals surface area contributed by atoms with E-state index in [9.17, 15) is 13.6 Å². The highest BCUT2D eigenvalue weighted by Gasteiger charge is 2.25. The predicted octanol–water partition coefficient (Wildman–Crippen LogP) is 1.79. The third-order valence-electron chi connectivity index (χ3n) is 2.22. The molecule has 1 rings (SSSR count). The van der Waals surface area contributed by atoms with Crippen LogP contribution in [0.25, 0.3) is 0 Å². The van der Waals surface area contributed by atoms with Gasteiger partial charge in [0.1, 0.15) is 6.04 Å². The molecule has 18 heavy (non-hydrogen) atoms. The Morgan fingerprint density at radius 2 is 2.28 bits per heavy atom. The molecule has 0 fully saturated rings. The van der Waals surface area contributed by atoms with Crippen LogP contribution in [0.5, 0.6) is 0 Å². The second-order valence-corrected chi connectivity index (χ2v) is 3.41. The van der Waals surface area contributed by atoms with Gasteiger partial charge in [0.15, 0.2) is 11.6 Å². The smallest absolute Gasteiger partial charge is 0.327 e. The number of esters is 1. The van der Waals surface area contributed by atoms with Crippen molar-refractivity contribution >= 4 is 5.97 Å². The normalized spacial score (nSPS) is 11.7. The molecule has 0 amide bonds. The average Bonchev–Trinajstić information content (AvgIpc) is 2.35. The Kier molecular flexibility index (Phi) is 5.28. The Bertz CT molecular complexity index is 469. The van der Waals surface area contributed by atoms with Crippen molar-refractivity contribution in [2.24, 2.45) is 0 Å². The minimum Gasteiger partial charge on any atom is -0.465 e. The Labute approximate surface area is 104 Å². The number of rotatable bonds is 5. The van der Waals surface area contributed by atoms with Gasteiger partial charge >= 0.3 is 5.97 Å². The van der Waals surface area contributed by atoms with E-state index in [1.54, 1.807) is 6.92 Å². The average molecular weight is 253 g/mol. The molecule has 1 unspecified atom stereocenters. The van der Waals surface area contributed by atoms with Crippen LogP contribution in [0.4, 0.5) is 8.78 Å². The molecule has 0 saturated heterocycles. The van der Waals surface area contributed by atoms with Crippen molar-refractivity contribution in [1.82, 2.24) is 5.32 Å². The number of hydrogen-bond acceptors (Lipinski definition) is 3. The van der Waals surface area contributed by atoms with Crippen molar-refractivity contribution in [3.05, 3.63) is 35.4 Å². The van der Waals surface area contributed by atoms with Crippen LogP contribution in [0.3, 0.4) is 0 Å². The lowest BCUT2D eigenvalue weighted by Crippen LogP contribution is -2.31. The summed E-state index contributed by atoms with van der Waals surface area (Å²) in [7, 11) is 0. The molecule has 0 spiro atoms. The van der Waals surface area contributed by atoms with Gasteiger partial charge in [-0.25, -0.2) is 13.6 Å². The summed E-state index contributed by atoms with van der Waals surface area (Å²) >= 11 is 0. The zero-order valence-corrected chi connectivity index (χ0v) is 9.87. The summed E-state index contributed by atoms with van der Waals surface area (Å²) in [5.41, 5.74) is -0.122. The van der Waals surface area contributed by atoms with Gasteiger partial charge in [-0.15, -0.1) is 6.42 Å². The molecule has 0 aromatic heterocycles. The Hall–Kier alpha value is -1.93. The molecule has 0 heterocycles. The first kappa shape index (κ1) is 14.1. The topological polar surface area (TPSA) is 38.3 Å². The summed E-state index contributed by atoms with van der Waals surface area (Å²) in [6.45, 7) is 1.81. The van der Waals surface area contributed by atoms with Crippen LogP contribution in [0, 0.1) is 24.0 Å². The van der Waals surface area contributed by atoms with Crippen molar-refractivity contribution in [1.29, 1.82) is 0 Å². The molecule has 0 aliphatic rings. The molecule has 0 aliphatic carbocycles. The van der Waals surface area contributed by atoms with Gasteiger partial charge in [0, 0.05) is 5.56 Å². The van der Waals surface area contributed by atoms with Crippen molar-refractivity contribution in [2.75, 3.05) is 13.2 Å². The van der Waals surface area contributed by atoms with E-state index in [0.29, 0.717) is 0 Å². The first-order chi connectivity index (χ1) is 8.61.